The maximum atomic E-state index is 13.3. The van der Waals surface area contributed by atoms with Gasteiger partial charge in [-0.05, 0) is 50.1 Å². The fourth-order valence-electron chi connectivity index (χ4n) is 3.07. The standard InChI is InChI=1S/C19H20FN3OS/c1-12-2-6-15(25-12)11-23(14-4-5-14)19(24)9-8-18-21-16-7-3-13(20)10-17(16)22-18/h2-3,6-7,10,14H,4-5,8-9,11H2,1H3,(H,21,22). The monoisotopic (exact) mass is 357 g/mol. The zero-order chi connectivity index (χ0) is 17.4. The average Bonchev–Trinajstić information content (AvgIpc) is 3.22. The summed E-state index contributed by atoms with van der Waals surface area (Å²) in [4.78, 5) is 24.8. The van der Waals surface area contributed by atoms with Crippen LogP contribution in [-0.4, -0.2) is 26.8 Å². The van der Waals surface area contributed by atoms with Gasteiger partial charge in [0.2, 0.25) is 5.91 Å². The summed E-state index contributed by atoms with van der Waals surface area (Å²) in [5.74, 6) is 0.613. The minimum atomic E-state index is -0.287. The number of aryl methyl sites for hydroxylation is 2. The predicted octanol–water partition coefficient (Wildman–Crippen LogP) is 4.20. The van der Waals surface area contributed by atoms with Crippen molar-refractivity contribution < 1.29 is 9.18 Å². The molecule has 3 aromatic rings. The Labute approximate surface area is 149 Å². The fraction of sp³-hybridized carbons (Fsp3) is 0.368. The van der Waals surface area contributed by atoms with E-state index in [9.17, 15) is 9.18 Å². The van der Waals surface area contributed by atoms with Crippen LogP contribution < -0.4 is 0 Å². The van der Waals surface area contributed by atoms with E-state index in [1.165, 1.54) is 21.9 Å². The van der Waals surface area contributed by atoms with Crippen molar-refractivity contribution in [1.29, 1.82) is 0 Å². The molecule has 0 bridgehead atoms. The number of fused-ring (bicyclic) bond motifs is 1. The van der Waals surface area contributed by atoms with Crippen molar-refractivity contribution in [3.8, 4) is 0 Å². The molecule has 1 saturated carbocycles. The maximum absolute atomic E-state index is 13.3. The van der Waals surface area contributed by atoms with Crippen LogP contribution in [0.3, 0.4) is 0 Å². The quantitative estimate of drug-likeness (QED) is 0.719. The molecular formula is C19H20FN3OS. The maximum Gasteiger partial charge on any atom is 0.223 e. The van der Waals surface area contributed by atoms with Crippen molar-refractivity contribution >= 4 is 28.3 Å². The Morgan fingerprint density at radius 1 is 1.36 bits per heavy atom. The Morgan fingerprint density at radius 3 is 2.92 bits per heavy atom. The Hall–Kier alpha value is -2.21. The van der Waals surface area contributed by atoms with Crippen molar-refractivity contribution in [2.75, 3.05) is 0 Å². The first-order chi connectivity index (χ1) is 12.1. The molecule has 0 atom stereocenters. The third-order valence-electron chi connectivity index (χ3n) is 4.50. The smallest absolute Gasteiger partial charge is 0.223 e. The molecule has 25 heavy (non-hydrogen) atoms. The highest BCUT2D eigenvalue weighted by atomic mass is 32.1. The van der Waals surface area contributed by atoms with Gasteiger partial charge in [0, 0.05) is 28.6 Å². The van der Waals surface area contributed by atoms with Crippen molar-refractivity contribution in [2.24, 2.45) is 0 Å². The third kappa shape index (κ3) is 3.74. The minimum absolute atomic E-state index is 0.167. The van der Waals surface area contributed by atoms with Crippen LogP contribution in [0, 0.1) is 12.7 Å². The van der Waals surface area contributed by atoms with E-state index in [1.807, 2.05) is 4.90 Å². The van der Waals surface area contributed by atoms with Crippen molar-refractivity contribution in [2.45, 2.75) is 45.2 Å². The van der Waals surface area contributed by atoms with Crippen LogP contribution in [0.4, 0.5) is 4.39 Å². The molecule has 1 N–H and O–H groups in total. The summed E-state index contributed by atoms with van der Waals surface area (Å²) in [7, 11) is 0. The molecule has 1 amide bonds. The predicted molar refractivity (Wildman–Crippen MR) is 97.0 cm³/mol. The van der Waals surface area contributed by atoms with Gasteiger partial charge in [0.1, 0.15) is 11.6 Å². The molecular weight excluding hydrogens is 337 g/mol. The lowest BCUT2D eigenvalue weighted by molar-refractivity contribution is -0.132. The van der Waals surface area contributed by atoms with E-state index < -0.39 is 0 Å². The van der Waals surface area contributed by atoms with E-state index >= 15 is 0 Å². The van der Waals surface area contributed by atoms with Crippen molar-refractivity contribution in [1.82, 2.24) is 14.9 Å². The number of hydrogen-bond donors (Lipinski definition) is 1. The molecule has 4 nitrogen and oxygen atoms in total. The summed E-state index contributed by atoms with van der Waals surface area (Å²) in [5, 5.41) is 0. The summed E-state index contributed by atoms with van der Waals surface area (Å²) in [6.45, 7) is 2.79. The zero-order valence-electron chi connectivity index (χ0n) is 14.1. The molecule has 0 unspecified atom stereocenters. The lowest BCUT2D eigenvalue weighted by atomic mass is 10.2. The van der Waals surface area contributed by atoms with Crippen LogP contribution in [0.25, 0.3) is 11.0 Å². The van der Waals surface area contributed by atoms with Gasteiger partial charge in [-0.15, -0.1) is 11.3 Å². The number of aromatic amines is 1. The molecule has 0 spiro atoms. The van der Waals surface area contributed by atoms with E-state index in [1.54, 1.807) is 17.4 Å². The Morgan fingerprint density at radius 2 is 2.20 bits per heavy atom. The van der Waals surface area contributed by atoms with Gasteiger partial charge in [-0.2, -0.15) is 0 Å². The molecule has 0 saturated heterocycles. The summed E-state index contributed by atoms with van der Waals surface area (Å²) >= 11 is 1.75. The summed E-state index contributed by atoms with van der Waals surface area (Å²) in [6.07, 6.45) is 3.16. The number of halogens is 1. The number of benzene rings is 1. The molecule has 6 heteroatoms. The number of nitrogens with zero attached hydrogens (tertiary/aromatic N) is 2. The third-order valence-corrected chi connectivity index (χ3v) is 5.48. The second-order valence-electron chi connectivity index (χ2n) is 6.61. The van der Waals surface area contributed by atoms with E-state index in [0.717, 1.165) is 24.2 Å². The molecule has 1 aliphatic rings. The number of imidazole rings is 1. The number of amides is 1. The first-order valence-electron chi connectivity index (χ1n) is 8.57. The molecule has 1 fully saturated rings. The second kappa shape index (κ2) is 6.59. The molecule has 1 aromatic carbocycles. The van der Waals surface area contributed by atoms with E-state index in [0.29, 0.717) is 30.9 Å². The van der Waals surface area contributed by atoms with Crippen molar-refractivity contribution in [3.05, 3.63) is 51.7 Å². The Balaban J connectivity index is 1.42. The minimum Gasteiger partial charge on any atom is -0.342 e. The van der Waals surface area contributed by atoms with Gasteiger partial charge < -0.3 is 9.88 Å². The van der Waals surface area contributed by atoms with Gasteiger partial charge in [0.05, 0.1) is 17.6 Å². The summed E-state index contributed by atoms with van der Waals surface area (Å²) in [6, 6.07) is 9.08. The highest BCUT2D eigenvalue weighted by molar-refractivity contribution is 7.11. The molecule has 130 valence electrons. The number of nitrogens with one attached hydrogen (secondary N) is 1. The van der Waals surface area contributed by atoms with Gasteiger partial charge in [-0.25, -0.2) is 9.37 Å². The molecule has 1 aliphatic carbocycles. The van der Waals surface area contributed by atoms with Crippen LogP contribution in [0.2, 0.25) is 0 Å². The van der Waals surface area contributed by atoms with E-state index in [2.05, 4.69) is 29.0 Å². The summed E-state index contributed by atoms with van der Waals surface area (Å²) in [5.41, 5.74) is 1.41. The second-order valence-corrected chi connectivity index (χ2v) is 7.98. The topological polar surface area (TPSA) is 49.0 Å². The van der Waals surface area contributed by atoms with Crippen LogP contribution in [0.1, 0.15) is 34.8 Å². The van der Waals surface area contributed by atoms with Crippen LogP contribution >= 0.6 is 11.3 Å². The molecule has 2 aromatic heterocycles. The zero-order valence-corrected chi connectivity index (χ0v) is 14.9. The largest absolute Gasteiger partial charge is 0.342 e. The van der Waals surface area contributed by atoms with Crippen molar-refractivity contribution in [3.63, 3.8) is 0 Å². The van der Waals surface area contributed by atoms with Gasteiger partial charge in [-0.3, -0.25) is 4.79 Å². The average molecular weight is 357 g/mol. The van der Waals surface area contributed by atoms with E-state index in [4.69, 9.17) is 0 Å². The number of carbonyl (C=O) groups is 1. The molecule has 0 aliphatic heterocycles. The first-order valence-corrected chi connectivity index (χ1v) is 9.39. The fourth-order valence-corrected chi connectivity index (χ4v) is 3.96. The molecule has 0 radical (unpaired) electrons. The normalized spacial score (nSPS) is 14.2. The van der Waals surface area contributed by atoms with Gasteiger partial charge in [0.25, 0.3) is 0 Å². The summed E-state index contributed by atoms with van der Waals surface area (Å²) < 4.78 is 13.3. The molecule has 2 heterocycles. The highest BCUT2D eigenvalue weighted by Crippen LogP contribution is 2.30. The Bertz CT molecular complexity index is 912. The number of H-pyrrole nitrogens is 1. The molecule has 4 rings (SSSR count). The van der Waals surface area contributed by atoms with Gasteiger partial charge >= 0.3 is 0 Å². The number of rotatable bonds is 6. The lowest BCUT2D eigenvalue weighted by Crippen LogP contribution is -2.32. The Kier molecular flexibility index (Phi) is 4.29. The van der Waals surface area contributed by atoms with Crippen LogP contribution in [-0.2, 0) is 17.8 Å². The number of carbonyl (C=O) groups excluding carboxylic acids is 1. The van der Waals surface area contributed by atoms with Gasteiger partial charge in [0.15, 0.2) is 0 Å². The highest BCUT2D eigenvalue weighted by Gasteiger charge is 2.32. The first kappa shape index (κ1) is 16.3. The van der Waals surface area contributed by atoms with Crippen LogP contribution in [0.5, 0.6) is 0 Å². The number of thiophene rings is 1. The van der Waals surface area contributed by atoms with Crippen LogP contribution in [0.15, 0.2) is 30.3 Å². The number of aromatic nitrogens is 2. The SMILES string of the molecule is Cc1ccc(CN(C(=O)CCc2nc3ccc(F)cc3[nH]2)C2CC2)s1. The lowest BCUT2D eigenvalue weighted by Gasteiger charge is -2.21. The number of hydrogen-bond acceptors (Lipinski definition) is 3. The van der Waals surface area contributed by atoms with Gasteiger partial charge in [-0.1, -0.05) is 0 Å². The van der Waals surface area contributed by atoms with E-state index in [-0.39, 0.29) is 11.7 Å².